The summed E-state index contributed by atoms with van der Waals surface area (Å²) in [5.74, 6) is 0.513. The van der Waals surface area contributed by atoms with Crippen LogP contribution in [0.1, 0.15) is 17.9 Å². The molecule has 0 bridgehead atoms. The van der Waals surface area contributed by atoms with Gasteiger partial charge in [-0.15, -0.1) is 0 Å². The lowest BCUT2D eigenvalue weighted by Crippen LogP contribution is -2.21. The van der Waals surface area contributed by atoms with Gasteiger partial charge in [-0.2, -0.15) is 11.3 Å². The minimum absolute atomic E-state index is 0.0150. The van der Waals surface area contributed by atoms with E-state index in [4.69, 9.17) is 10.8 Å². The fraction of sp³-hybridized carbons (Fsp3) is 0.556. The molecule has 0 spiro atoms. The average molecular weight is 183 g/mol. The Morgan fingerprint density at radius 3 is 3.00 bits per heavy atom. The van der Waals surface area contributed by atoms with E-state index >= 15 is 0 Å². The molecule has 1 aliphatic rings. The van der Waals surface area contributed by atoms with E-state index in [1.54, 1.807) is 11.3 Å². The molecule has 0 aliphatic heterocycles. The predicted octanol–water partition coefficient (Wildman–Crippen LogP) is 1.17. The van der Waals surface area contributed by atoms with Crippen LogP contribution in [0.3, 0.4) is 0 Å². The third-order valence-electron chi connectivity index (χ3n) is 2.86. The average Bonchev–Trinajstić information content (AvgIpc) is 2.59. The maximum atomic E-state index is 9.15. The van der Waals surface area contributed by atoms with Gasteiger partial charge in [0.05, 0.1) is 6.61 Å². The normalized spacial score (nSPS) is 33.7. The van der Waals surface area contributed by atoms with Gasteiger partial charge in [0.25, 0.3) is 0 Å². The van der Waals surface area contributed by atoms with Crippen molar-refractivity contribution in [3.05, 3.63) is 22.4 Å². The maximum absolute atomic E-state index is 9.15. The van der Waals surface area contributed by atoms with Crippen LogP contribution in [0.5, 0.6) is 0 Å². The van der Waals surface area contributed by atoms with Gasteiger partial charge in [-0.25, -0.2) is 0 Å². The predicted molar refractivity (Wildman–Crippen MR) is 50.3 cm³/mol. The zero-order valence-electron chi connectivity index (χ0n) is 6.86. The summed E-state index contributed by atoms with van der Waals surface area (Å²) in [5, 5.41) is 13.4. The van der Waals surface area contributed by atoms with Crippen molar-refractivity contribution in [1.29, 1.82) is 0 Å². The van der Waals surface area contributed by atoms with Gasteiger partial charge in [-0.05, 0) is 34.7 Å². The highest BCUT2D eigenvalue weighted by molar-refractivity contribution is 7.08. The lowest BCUT2D eigenvalue weighted by Gasteiger charge is -2.09. The Kier molecular flexibility index (Phi) is 1.94. The van der Waals surface area contributed by atoms with E-state index in [0.29, 0.717) is 12.5 Å². The zero-order chi connectivity index (χ0) is 8.60. The Morgan fingerprint density at radius 1 is 1.75 bits per heavy atom. The van der Waals surface area contributed by atoms with E-state index in [1.165, 1.54) is 5.56 Å². The van der Waals surface area contributed by atoms with Crippen molar-refractivity contribution in [2.24, 2.45) is 11.1 Å². The van der Waals surface area contributed by atoms with E-state index in [-0.39, 0.29) is 12.0 Å². The Labute approximate surface area is 76.0 Å². The number of hydrogen-bond donors (Lipinski definition) is 2. The Morgan fingerprint density at radius 2 is 2.58 bits per heavy atom. The van der Waals surface area contributed by atoms with Crippen LogP contribution >= 0.6 is 11.3 Å². The lowest BCUT2D eigenvalue weighted by molar-refractivity contribution is 0.212. The highest BCUT2D eigenvalue weighted by Gasteiger charge is 2.53. The first-order valence-electron chi connectivity index (χ1n) is 4.15. The molecule has 12 heavy (non-hydrogen) atoms. The Hall–Kier alpha value is -0.380. The van der Waals surface area contributed by atoms with Crippen molar-refractivity contribution >= 4 is 11.3 Å². The topological polar surface area (TPSA) is 46.2 Å². The van der Waals surface area contributed by atoms with Crippen LogP contribution in [0.15, 0.2) is 16.8 Å². The maximum Gasteiger partial charge on any atom is 0.0505 e. The molecule has 3 heteroatoms. The molecule has 1 saturated carbocycles. The number of aliphatic hydroxyl groups excluding tert-OH is 1. The number of nitrogens with two attached hydrogens (primary N) is 1. The van der Waals surface area contributed by atoms with Crippen molar-refractivity contribution in [3.63, 3.8) is 0 Å². The van der Waals surface area contributed by atoms with Crippen molar-refractivity contribution in [2.75, 3.05) is 13.2 Å². The van der Waals surface area contributed by atoms with Crippen LogP contribution in [0.4, 0.5) is 0 Å². The first-order chi connectivity index (χ1) is 5.82. The van der Waals surface area contributed by atoms with Crippen molar-refractivity contribution < 1.29 is 5.11 Å². The minimum Gasteiger partial charge on any atom is -0.396 e. The molecule has 2 rings (SSSR count). The summed E-state index contributed by atoms with van der Waals surface area (Å²) < 4.78 is 0. The minimum atomic E-state index is 0.0150. The van der Waals surface area contributed by atoms with Crippen molar-refractivity contribution in [1.82, 2.24) is 0 Å². The molecule has 3 N–H and O–H groups in total. The van der Waals surface area contributed by atoms with Crippen molar-refractivity contribution in [2.45, 2.75) is 12.3 Å². The lowest BCUT2D eigenvalue weighted by atomic mass is 10.0. The van der Waals surface area contributed by atoms with Crippen LogP contribution in [-0.4, -0.2) is 18.3 Å². The Bertz CT molecular complexity index is 254. The summed E-state index contributed by atoms with van der Waals surface area (Å²) in [7, 11) is 0. The first-order valence-corrected chi connectivity index (χ1v) is 5.10. The monoisotopic (exact) mass is 183 g/mol. The first kappa shape index (κ1) is 8.23. The molecule has 0 amide bonds. The smallest absolute Gasteiger partial charge is 0.0505 e. The van der Waals surface area contributed by atoms with Gasteiger partial charge < -0.3 is 10.8 Å². The number of rotatable bonds is 3. The third-order valence-corrected chi connectivity index (χ3v) is 3.56. The van der Waals surface area contributed by atoms with E-state index in [9.17, 15) is 0 Å². The second-order valence-corrected chi connectivity index (χ2v) is 4.32. The molecule has 0 saturated heterocycles. The summed E-state index contributed by atoms with van der Waals surface area (Å²) in [6, 6.07) is 2.13. The summed E-state index contributed by atoms with van der Waals surface area (Å²) in [4.78, 5) is 0. The zero-order valence-corrected chi connectivity index (χ0v) is 7.68. The molecule has 1 aromatic heterocycles. The van der Waals surface area contributed by atoms with E-state index in [2.05, 4.69) is 16.8 Å². The van der Waals surface area contributed by atoms with Gasteiger partial charge in [0.1, 0.15) is 0 Å². The Balaban J connectivity index is 2.12. The quantitative estimate of drug-likeness (QED) is 0.739. The molecular weight excluding hydrogens is 170 g/mol. The van der Waals surface area contributed by atoms with Gasteiger partial charge in [0.15, 0.2) is 0 Å². The number of aliphatic hydroxyl groups is 1. The molecule has 2 nitrogen and oxygen atoms in total. The van der Waals surface area contributed by atoms with Gasteiger partial charge >= 0.3 is 0 Å². The van der Waals surface area contributed by atoms with E-state index in [1.807, 2.05) is 0 Å². The van der Waals surface area contributed by atoms with E-state index in [0.717, 1.165) is 6.42 Å². The molecule has 66 valence electrons. The molecule has 1 fully saturated rings. The SMILES string of the molecule is NCC1(CO)CC1c1ccsc1. The standard InChI is InChI=1S/C9H13NOS/c10-5-9(6-11)3-8(9)7-1-2-12-4-7/h1-2,4,8,11H,3,5-6,10H2. The van der Waals surface area contributed by atoms with Crippen LogP contribution in [0.2, 0.25) is 0 Å². The second-order valence-electron chi connectivity index (χ2n) is 3.54. The molecule has 1 aromatic rings. The number of thiophene rings is 1. The fourth-order valence-electron chi connectivity index (χ4n) is 1.76. The summed E-state index contributed by atoms with van der Waals surface area (Å²) in [5.41, 5.74) is 6.98. The van der Waals surface area contributed by atoms with Gasteiger partial charge in [-0.3, -0.25) is 0 Å². The fourth-order valence-corrected chi connectivity index (χ4v) is 2.47. The summed E-state index contributed by atoms with van der Waals surface area (Å²) in [6.45, 7) is 0.827. The summed E-state index contributed by atoms with van der Waals surface area (Å²) >= 11 is 1.71. The molecular formula is C9H13NOS. The third kappa shape index (κ3) is 1.09. The number of hydrogen-bond acceptors (Lipinski definition) is 3. The molecule has 1 aliphatic carbocycles. The molecule has 0 radical (unpaired) electrons. The molecule has 1 heterocycles. The van der Waals surface area contributed by atoms with Gasteiger partial charge in [0, 0.05) is 12.0 Å². The molecule has 2 atom stereocenters. The second kappa shape index (κ2) is 2.83. The summed E-state index contributed by atoms with van der Waals surface area (Å²) in [6.07, 6.45) is 1.05. The molecule has 2 unspecified atom stereocenters. The highest BCUT2D eigenvalue weighted by atomic mass is 32.1. The van der Waals surface area contributed by atoms with Crippen LogP contribution in [-0.2, 0) is 0 Å². The largest absolute Gasteiger partial charge is 0.396 e. The van der Waals surface area contributed by atoms with Crippen molar-refractivity contribution in [3.8, 4) is 0 Å². The highest BCUT2D eigenvalue weighted by Crippen LogP contribution is 2.58. The van der Waals surface area contributed by atoms with Crippen LogP contribution in [0.25, 0.3) is 0 Å². The van der Waals surface area contributed by atoms with Crippen LogP contribution in [0, 0.1) is 5.41 Å². The van der Waals surface area contributed by atoms with Gasteiger partial charge in [0.2, 0.25) is 0 Å². The molecule has 0 aromatic carbocycles. The van der Waals surface area contributed by atoms with E-state index < -0.39 is 0 Å². The van der Waals surface area contributed by atoms with Gasteiger partial charge in [-0.1, -0.05) is 0 Å². The van der Waals surface area contributed by atoms with Crippen LogP contribution < -0.4 is 5.73 Å².